The molecule has 4 rings (SSSR count). The Balaban J connectivity index is 1.97. The Hall–Kier alpha value is -2.24. The molecule has 27 heavy (non-hydrogen) atoms. The van der Waals surface area contributed by atoms with E-state index in [1.807, 2.05) is 24.0 Å². The van der Waals surface area contributed by atoms with E-state index in [1.54, 1.807) is 14.2 Å². The van der Waals surface area contributed by atoms with Gasteiger partial charge < -0.3 is 19.1 Å². The summed E-state index contributed by atoms with van der Waals surface area (Å²) in [5.41, 5.74) is 0.716. The summed E-state index contributed by atoms with van der Waals surface area (Å²) in [6.07, 6.45) is 4.37. The fourth-order valence-electron chi connectivity index (χ4n) is 5.66. The molecule has 0 radical (unpaired) electrons. The molecule has 1 amide bonds. The summed E-state index contributed by atoms with van der Waals surface area (Å²) < 4.78 is 16.6. The van der Waals surface area contributed by atoms with Crippen molar-refractivity contribution in [3.05, 3.63) is 23.3 Å². The summed E-state index contributed by atoms with van der Waals surface area (Å²) in [4.78, 5) is 28.2. The highest BCUT2D eigenvalue weighted by molar-refractivity contribution is 5.93. The molecule has 6 heteroatoms. The summed E-state index contributed by atoms with van der Waals surface area (Å²) in [6.45, 7) is 2.77. The number of methoxy groups -OCH3 is 2. The van der Waals surface area contributed by atoms with Crippen LogP contribution in [0, 0.1) is 5.41 Å². The highest BCUT2D eigenvalue weighted by Crippen LogP contribution is 2.63. The first-order valence-electron chi connectivity index (χ1n) is 9.77. The lowest BCUT2D eigenvalue weighted by atomic mass is 9.57. The van der Waals surface area contributed by atoms with Gasteiger partial charge in [-0.15, -0.1) is 0 Å². The minimum atomic E-state index is -0.812. The number of hydrogen-bond acceptors (Lipinski definition) is 5. The van der Waals surface area contributed by atoms with Crippen LogP contribution in [0.5, 0.6) is 11.5 Å². The van der Waals surface area contributed by atoms with Gasteiger partial charge in [0.1, 0.15) is 5.41 Å². The fourth-order valence-corrected chi connectivity index (χ4v) is 5.66. The van der Waals surface area contributed by atoms with Gasteiger partial charge >= 0.3 is 5.97 Å². The Kier molecular flexibility index (Phi) is 4.32. The van der Waals surface area contributed by atoms with Gasteiger partial charge in [0.2, 0.25) is 5.91 Å². The predicted octanol–water partition coefficient (Wildman–Crippen LogP) is 2.81. The maximum absolute atomic E-state index is 13.2. The van der Waals surface area contributed by atoms with Gasteiger partial charge in [0, 0.05) is 13.0 Å². The molecular formula is C21H27NO5. The van der Waals surface area contributed by atoms with Gasteiger partial charge in [-0.3, -0.25) is 9.59 Å². The summed E-state index contributed by atoms with van der Waals surface area (Å²) in [5, 5.41) is 0. The van der Waals surface area contributed by atoms with E-state index in [4.69, 9.17) is 14.2 Å². The van der Waals surface area contributed by atoms with Crippen molar-refractivity contribution in [2.45, 2.75) is 51.0 Å². The lowest BCUT2D eigenvalue weighted by molar-refractivity contribution is -0.167. The van der Waals surface area contributed by atoms with Crippen LogP contribution >= 0.6 is 0 Å². The largest absolute Gasteiger partial charge is 0.493 e. The zero-order chi connectivity index (χ0) is 19.2. The molecule has 146 valence electrons. The number of hydrogen-bond donors (Lipinski definition) is 0. The summed E-state index contributed by atoms with van der Waals surface area (Å²) in [6, 6.07) is 3.99. The summed E-state index contributed by atoms with van der Waals surface area (Å²) in [7, 11) is 3.24. The van der Waals surface area contributed by atoms with Gasteiger partial charge in [0.15, 0.2) is 11.5 Å². The van der Waals surface area contributed by atoms with Crippen LogP contribution in [-0.4, -0.2) is 44.1 Å². The van der Waals surface area contributed by atoms with E-state index < -0.39 is 11.0 Å². The van der Waals surface area contributed by atoms with Crippen molar-refractivity contribution < 1.29 is 23.8 Å². The molecule has 1 saturated heterocycles. The third kappa shape index (κ3) is 2.25. The number of carbonyl (C=O) groups is 2. The van der Waals surface area contributed by atoms with Gasteiger partial charge in [-0.1, -0.05) is 12.8 Å². The number of carbonyl (C=O) groups excluding carboxylic acids is 2. The van der Waals surface area contributed by atoms with Crippen LogP contribution in [0.3, 0.4) is 0 Å². The Bertz CT molecular complexity index is 791. The number of benzene rings is 1. The zero-order valence-electron chi connectivity index (χ0n) is 16.3. The lowest BCUT2D eigenvalue weighted by Crippen LogP contribution is -2.59. The molecule has 1 aromatic rings. The maximum Gasteiger partial charge on any atom is 0.315 e. The number of ether oxygens (including phenoxy) is 3. The van der Waals surface area contributed by atoms with Crippen molar-refractivity contribution in [2.75, 3.05) is 27.4 Å². The van der Waals surface area contributed by atoms with Crippen LogP contribution in [0.4, 0.5) is 0 Å². The highest BCUT2D eigenvalue weighted by atomic mass is 16.5. The van der Waals surface area contributed by atoms with E-state index in [2.05, 4.69) is 0 Å². The Morgan fingerprint density at radius 3 is 2.56 bits per heavy atom. The average Bonchev–Trinajstić information content (AvgIpc) is 2.96. The molecule has 6 nitrogen and oxygen atoms in total. The number of fused-ring (bicyclic) bond motifs is 1. The molecule has 2 fully saturated rings. The molecule has 2 aliphatic heterocycles. The van der Waals surface area contributed by atoms with Gasteiger partial charge in [0.05, 0.1) is 26.4 Å². The van der Waals surface area contributed by atoms with E-state index in [-0.39, 0.29) is 18.3 Å². The first-order valence-corrected chi connectivity index (χ1v) is 9.77. The standard InChI is InChI=1S/C21H27NO5/c1-4-27-19(24)20-8-5-6-9-21(20)15-12-17(26-3)16(25-2)11-14(15)7-10-22(21)18(23)13-20/h11-12H,4-10,13H2,1-3H3/t20-,21+/m0/s1. The van der Waals surface area contributed by atoms with Crippen molar-refractivity contribution >= 4 is 11.9 Å². The maximum atomic E-state index is 13.2. The van der Waals surface area contributed by atoms with Crippen molar-refractivity contribution in [3.63, 3.8) is 0 Å². The molecule has 0 N–H and O–H groups in total. The Morgan fingerprint density at radius 1 is 1.15 bits per heavy atom. The van der Waals surface area contributed by atoms with Gasteiger partial charge in [-0.2, -0.15) is 0 Å². The van der Waals surface area contributed by atoms with Crippen LogP contribution in [0.2, 0.25) is 0 Å². The van der Waals surface area contributed by atoms with E-state index in [1.165, 1.54) is 0 Å². The molecule has 1 aliphatic carbocycles. The molecule has 0 aromatic heterocycles. The topological polar surface area (TPSA) is 65.1 Å². The van der Waals surface area contributed by atoms with Crippen molar-refractivity contribution in [3.8, 4) is 11.5 Å². The highest BCUT2D eigenvalue weighted by Gasteiger charge is 2.69. The quantitative estimate of drug-likeness (QED) is 0.760. The number of esters is 1. The minimum Gasteiger partial charge on any atom is -0.493 e. The zero-order valence-corrected chi connectivity index (χ0v) is 16.3. The second-order valence-electron chi connectivity index (χ2n) is 7.71. The first-order chi connectivity index (χ1) is 13.0. The van der Waals surface area contributed by atoms with E-state index in [0.29, 0.717) is 31.1 Å². The minimum absolute atomic E-state index is 0.0605. The van der Waals surface area contributed by atoms with E-state index >= 15 is 0 Å². The van der Waals surface area contributed by atoms with Crippen LogP contribution in [-0.2, 0) is 26.3 Å². The predicted molar refractivity (Wildman–Crippen MR) is 98.8 cm³/mol. The normalized spacial score (nSPS) is 28.9. The molecule has 3 aliphatic rings. The molecule has 1 saturated carbocycles. The third-order valence-corrected chi connectivity index (χ3v) is 6.72. The number of amides is 1. The number of nitrogens with zero attached hydrogens (tertiary/aromatic N) is 1. The molecule has 0 unspecified atom stereocenters. The van der Waals surface area contributed by atoms with Gasteiger partial charge in [-0.25, -0.2) is 0 Å². The second kappa shape index (κ2) is 6.43. The van der Waals surface area contributed by atoms with Crippen LogP contribution in [0.25, 0.3) is 0 Å². The molecule has 1 spiro atoms. The van der Waals surface area contributed by atoms with E-state index in [0.717, 1.165) is 36.8 Å². The monoisotopic (exact) mass is 373 g/mol. The van der Waals surface area contributed by atoms with Crippen LogP contribution < -0.4 is 9.47 Å². The summed E-state index contributed by atoms with van der Waals surface area (Å²) in [5.74, 6) is 1.15. The molecule has 2 atom stereocenters. The molecule has 1 aromatic carbocycles. The van der Waals surface area contributed by atoms with Crippen molar-refractivity contribution in [2.24, 2.45) is 5.41 Å². The second-order valence-corrected chi connectivity index (χ2v) is 7.71. The van der Waals surface area contributed by atoms with Crippen LogP contribution in [0.1, 0.15) is 50.2 Å². The smallest absolute Gasteiger partial charge is 0.315 e. The third-order valence-electron chi connectivity index (χ3n) is 6.72. The van der Waals surface area contributed by atoms with Gasteiger partial charge in [0.25, 0.3) is 0 Å². The molecule has 2 heterocycles. The van der Waals surface area contributed by atoms with E-state index in [9.17, 15) is 9.59 Å². The number of rotatable bonds is 4. The van der Waals surface area contributed by atoms with Crippen LogP contribution in [0.15, 0.2) is 12.1 Å². The first kappa shape index (κ1) is 18.1. The molecular weight excluding hydrogens is 346 g/mol. The SMILES string of the molecule is CCOC(=O)[C@@]12CCCC[C@@]13c1cc(OC)c(OC)cc1CCN3C(=O)C2. The Morgan fingerprint density at radius 2 is 1.85 bits per heavy atom. The summed E-state index contributed by atoms with van der Waals surface area (Å²) >= 11 is 0. The Labute approximate surface area is 159 Å². The van der Waals surface area contributed by atoms with Crippen molar-refractivity contribution in [1.29, 1.82) is 0 Å². The van der Waals surface area contributed by atoms with Crippen molar-refractivity contribution in [1.82, 2.24) is 4.90 Å². The fraction of sp³-hybridized carbons (Fsp3) is 0.619. The lowest BCUT2D eigenvalue weighted by Gasteiger charge is -2.53. The molecule has 0 bridgehead atoms. The average molecular weight is 373 g/mol. The van der Waals surface area contributed by atoms with Gasteiger partial charge in [-0.05, 0) is 49.4 Å².